The number of benzene rings is 1. The van der Waals surface area contributed by atoms with Crippen LogP contribution in [0.3, 0.4) is 0 Å². The fraction of sp³-hybridized carbons (Fsp3) is 0.0769. The highest BCUT2D eigenvalue weighted by Gasteiger charge is 2.24. The molecule has 0 spiro atoms. The van der Waals surface area contributed by atoms with E-state index < -0.39 is 12.4 Å². The minimum Gasteiger partial charge on any atom is -0.489 e. The summed E-state index contributed by atoms with van der Waals surface area (Å²) in [5.41, 5.74) is 0.329. The van der Waals surface area contributed by atoms with Crippen LogP contribution in [0, 0.1) is 11.3 Å². The minimum atomic E-state index is -4.99. The third kappa shape index (κ3) is 3.51. The molecule has 2 aromatic rings. The lowest BCUT2D eigenvalue weighted by molar-refractivity contribution is 0.306. The van der Waals surface area contributed by atoms with Crippen molar-refractivity contribution in [3.8, 4) is 11.8 Å². The average Bonchev–Trinajstić information content (AvgIpc) is 2.45. The van der Waals surface area contributed by atoms with Gasteiger partial charge in [0.05, 0.1) is 0 Å². The number of ether oxygens (including phenoxy) is 1. The van der Waals surface area contributed by atoms with Gasteiger partial charge in [-0.05, 0) is 29.8 Å². The molecule has 0 unspecified atom stereocenters. The summed E-state index contributed by atoms with van der Waals surface area (Å²) >= 11 is 0. The molecular formula is C13H9BF3N2O-. The van der Waals surface area contributed by atoms with E-state index in [9.17, 15) is 12.9 Å². The molecule has 7 heteroatoms. The van der Waals surface area contributed by atoms with Gasteiger partial charge in [-0.15, -0.1) is 5.46 Å². The fourth-order valence-electron chi connectivity index (χ4n) is 1.57. The summed E-state index contributed by atoms with van der Waals surface area (Å²) in [6, 6.07) is 9.66. The van der Waals surface area contributed by atoms with Crippen LogP contribution in [-0.2, 0) is 6.61 Å². The second kappa shape index (κ2) is 5.65. The Balaban J connectivity index is 2.02. The van der Waals surface area contributed by atoms with Crippen molar-refractivity contribution in [2.45, 2.75) is 6.61 Å². The maximum atomic E-state index is 12.4. The number of rotatable bonds is 4. The SMILES string of the molecule is N#Cc1cc(COc2ccc([B-](F)(F)F)cc2)ccn1. The lowest BCUT2D eigenvalue weighted by atomic mass is 9.80. The van der Waals surface area contributed by atoms with Gasteiger partial charge in [-0.1, -0.05) is 12.1 Å². The van der Waals surface area contributed by atoms with Gasteiger partial charge in [0.2, 0.25) is 0 Å². The van der Waals surface area contributed by atoms with Crippen molar-refractivity contribution < 1.29 is 17.7 Å². The second-order valence-electron chi connectivity index (χ2n) is 4.09. The highest BCUT2D eigenvalue weighted by molar-refractivity contribution is 6.73. The quantitative estimate of drug-likeness (QED) is 0.807. The van der Waals surface area contributed by atoms with E-state index >= 15 is 0 Å². The van der Waals surface area contributed by atoms with Gasteiger partial charge >= 0.3 is 6.98 Å². The molecule has 1 heterocycles. The Morgan fingerprint density at radius 2 is 1.85 bits per heavy atom. The number of nitriles is 1. The molecule has 0 aliphatic rings. The number of hydrogen-bond acceptors (Lipinski definition) is 3. The minimum absolute atomic E-state index is 0.160. The second-order valence-corrected chi connectivity index (χ2v) is 4.09. The van der Waals surface area contributed by atoms with E-state index in [1.54, 1.807) is 12.1 Å². The fourth-order valence-corrected chi connectivity index (χ4v) is 1.57. The molecule has 0 saturated carbocycles. The number of aromatic nitrogens is 1. The zero-order valence-electron chi connectivity index (χ0n) is 10.3. The molecule has 102 valence electrons. The Morgan fingerprint density at radius 1 is 1.15 bits per heavy atom. The van der Waals surface area contributed by atoms with Crippen LogP contribution in [0.25, 0.3) is 0 Å². The van der Waals surface area contributed by atoms with Crippen LogP contribution in [0.2, 0.25) is 0 Å². The van der Waals surface area contributed by atoms with Gasteiger partial charge in [-0.25, -0.2) is 4.98 Å². The smallest absolute Gasteiger partial charge is 0.489 e. The Hall–Kier alpha value is -2.49. The molecule has 0 radical (unpaired) electrons. The molecule has 0 aliphatic heterocycles. The topological polar surface area (TPSA) is 45.9 Å². The highest BCUT2D eigenvalue weighted by Crippen LogP contribution is 2.15. The maximum absolute atomic E-state index is 12.4. The number of hydrogen-bond donors (Lipinski definition) is 0. The van der Waals surface area contributed by atoms with Crippen molar-refractivity contribution >= 4 is 12.4 Å². The first kappa shape index (κ1) is 13.9. The van der Waals surface area contributed by atoms with Crippen LogP contribution in [-0.4, -0.2) is 12.0 Å². The maximum Gasteiger partial charge on any atom is 0.509 e. The molecule has 2 rings (SSSR count). The molecule has 3 nitrogen and oxygen atoms in total. The third-order valence-electron chi connectivity index (χ3n) is 2.60. The zero-order valence-corrected chi connectivity index (χ0v) is 10.3. The van der Waals surface area contributed by atoms with Gasteiger partial charge < -0.3 is 17.7 Å². The van der Waals surface area contributed by atoms with E-state index in [4.69, 9.17) is 10.00 Å². The molecule has 0 bridgehead atoms. The molecule has 1 aromatic heterocycles. The van der Waals surface area contributed by atoms with E-state index in [1.165, 1.54) is 18.3 Å². The normalized spacial score (nSPS) is 10.9. The van der Waals surface area contributed by atoms with Gasteiger partial charge in [-0.2, -0.15) is 5.26 Å². The zero-order chi connectivity index (χ0) is 14.6. The van der Waals surface area contributed by atoms with Crippen LogP contribution >= 0.6 is 0 Å². The molecule has 0 N–H and O–H groups in total. The van der Waals surface area contributed by atoms with Gasteiger partial charge in [-0.3, -0.25) is 0 Å². The number of halogens is 3. The predicted molar refractivity (Wildman–Crippen MR) is 68.4 cm³/mol. The first-order chi connectivity index (χ1) is 9.49. The number of nitrogens with zero attached hydrogens (tertiary/aromatic N) is 2. The summed E-state index contributed by atoms with van der Waals surface area (Å²) in [6.45, 7) is -4.83. The van der Waals surface area contributed by atoms with E-state index in [-0.39, 0.29) is 12.3 Å². The van der Waals surface area contributed by atoms with Crippen molar-refractivity contribution in [3.05, 3.63) is 53.9 Å². The number of pyridine rings is 1. The standard InChI is InChI=1S/C13H9BF3N2O/c15-14(16,17)11-1-3-13(4-2-11)20-9-10-5-6-19-12(7-10)8-18/h1-7H,9H2/q-1. The summed E-state index contributed by atoms with van der Waals surface area (Å²) in [6.07, 6.45) is 1.48. The lowest BCUT2D eigenvalue weighted by Gasteiger charge is -2.15. The van der Waals surface area contributed by atoms with Gasteiger partial charge in [0.15, 0.2) is 0 Å². The van der Waals surface area contributed by atoms with Gasteiger partial charge in [0, 0.05) is 6.20 Å². The van der Waals surface area contributed by atoms with Crippen LogP contribution in [0.4, 0.5) is 12.9 Å². The van der Waals surface area contributed by atoms with Gasteiger partial charge in [0.1, 0.15) is 24.1 Å². The summed E-state index contributed by atoms with van der Waals surface area (Å²) < 4.78 is 42.7. The molecule has 0 fully saturated rings. The summed E-state index contributed by atoms with van der Waals surface area (Å²) in [4.78, 5) is 3.81. The van der Waals surface area contributed by atoms with E-state index in [0.717, 1.165) is 17.7 Å². The van der Waals surface area contributed by atoms with Crippen molar-refractivity contribution in [1.29, 1.82) is 5.26 Å². The summed E-state index contributed by atoms with van der Waals surface area (Å²) in [5.74, 6) is 0.337. The Bertz CT molecular complexity index is 635. The van der Waals surface area contributed by atoms with Crippen molar-refractivity contribution in [2.75, 3.05) is 0 Å². The summed E-state index contributed by atoms with van der Waals surface area (Å²) in [7, 11) is 0. The molecule has 0 saturated heterocycles. The Morgan fingerprint density at radius 3 is 2.45 bits per heavy atom. The summed E-state index contributed by atoms with van der Waals surface area (Å²) in [5, 5.41) is 8.70. The Labute approximate surface area is 113 Å². The monoisotopic (exact) mass is 277 g/mol. The van der Waals surface area contributed by atoms with E-state index in [1.807, 2.05) is 6.07 Å². The molecule has 1 aromatic carbocycles. The largest absolute Gasteiger partial charge is 0.509 e. The van der Waals surface area contributed by atoms with Gasteiger partial charge in [0.25, 0.3) is 0 Å². The van der Waals surface area contributed by atoms with E-state index in [0.29, 0.717) is 5.75 Å². The highest BCUT2D eigenvalue weighted by atomic mass is 19.4. The molecule has 0 atom stereocenters. The third-order valence-corrected chi connectivity index (χ3v) is 2.60. The predicted octanol–water partition coefficient (Wildman–Crippen LogP) is 2.59. The molecule has 0 amide bonds. The first-order valence-corrected chi connectivity index (χ1v) is 5.77. The average molecular weight is 277 g/mol. The first-order valence-electron chi connectivity index (χ1n) is 5.77. The Kier molecular flexibility index (Phi) is 3.94. The van der Waals surface area contributed by atoms with Crippen LogP contribution in [0.5, 0.6) is 5.75 Å². The lowest BCUT2D eigenvalue weighted by Crippen LogP contribution is -2.33. The molecular weight excluding hydrogens is 268 g/mol. The molecule has 20 heavy (non-hydrogen) atoms. The van der Waals surface area contributed by atoms with Crippen LogP contribution < -0.4 is 10.2 Å². The van der Waals surface area contributed by atoms with E-state index in [2.05, 4.69) is 4.98 Å². The van der Waals surface area contributed by atoms with Crippen LogP contribution in [0.1, 0.15) is 11.3 Å². The van der Waals surface area contributed by atoms with Crippen LogP contribution in [0.15, 0.2) is 42.6 Å². The van der Waals surface area contributed by atoms with Crippen molar-refractivity contribution in [3.63, 3.8) is 0 Å². The molecule has 0 aliphatic carbocycles. The van der Waals surface area contributed by atoms with Crippen molar-refractivity contribution in [1.82, 2.24) is 4.98 Å². The van der Waals surface area contributed by atoms with Crippen molar-refractivity contribution in [2.24, 2.45) is 0 Å².